The fraction of sp³-hybridized carbons (Fsp3) is 0.741. The van der Waals surface area contributed by atoms with E-state index in [0.717, 1.165) is 19.3 Å². The van der Waals surface area contributed by atoms with Crippen LogP contribution in [0.25, 0.3) is 0 Å². The van der Waals surface area contributed by atoms with Gasteiger partial charge in [0.2, 0.25) is 0 Å². The molecule has 0 atom stereocenters. The molecule has 1 aliphatic heterocycles. The molecule has 2 rings (SSSR count). The van der Waals surface area contributed by atoms with Crippen LogP contribution in [-0.2, 0) is 31.7 Å². The summed E-state index contributed by atoms with van der Waals surface area (Å²) in [5.74, 6) is -0.651. The monoisotopic (exact) mass is 493 g/mol. The lowest BCUT2D eigenvalue weighted by molar-refractivity contribution is -0.271. The maximum atomic E-state index is 12.5. The van der Waals surface area contributed by atoms with E-state index in [-0.39, 0.29) is 5.04 Å². The minimum absolute atomic E-state index is 0.206. The Hall–Kier alpha value is -1.41. The van der Waals surface area contributed by atoms with Crippen molar-refractivity contribution in [3.05, 3.63) is 35.4 Å². The highest BCUT2D eigenvalue weighted by molar-refractivity contribution is 6.74. The van der Waals surface area contributed by atoms with Crippen molar-refractivity contribution in [1.82, 2.24) is 5.32 Å². The van der Waals surface area contributed by atoms with E-state index in [9.17, 15) is 4.79 Å². The quantitative estimate of drug-likeness (QED) is 0.415. The molecule has 34 heavy (non-hydrogen) atoms. The third kappa shape index (κ3) is 8.99. The second kappa shape index (κ2) is 10.7. The van der Waals surface area contributed by atoms with E-state index < -0.39 is 31.3 Å². The van der Waals surface area contributed by atoms with Gasteiger partial charge in [0, 0.05) is 0 Å². The van der Waals surface area contributed by atoms with E-state index in [0.29, 0.717) is 19.8 Å². The van der Waals surface area contributed by atoms with Crippen LogP contribution in [0.2, 0.25) is 18.1 Å². The Balaban J connectivity index is 1.94. The van der Waals surface area contributed by atoms with Gasteiger partial charge >= 0.3 is 6.09 Å². The zero-order chi connectivity index (χ0) is 25.8. The van der Waals surface area contributed by atoms with Gasteiger partial charge in [0.15, 0.2) is 14.1 Å². The number of nitrogens with one attached hydrogen (secondary N) is 1. The van der Waals surface area contributed by atoms with E-state index in [4.69, 9.17) is 18.6 Å². The molecule has 0 aliphatic carbocycles. The fourth-order valence-electron chi connectivity index (χ4n) is 3.42. The van der Waals surface area contributed by atoms with E-state index in [1.165, 1.54) is 11.1 Å². The number of benzene rings is 1. The van der Waals surface area contributed by atoms with Gasteiger partial charge in [-0.15, -0.1) is 0 Å². The minimum Gasteiger partial charge on any atom is -0.444 e. The predicted octanol–water partition coefficient (Wildman–Crippen LogP) is 6.58. The first kappa shape index (κ1) is 28.8. The predicted molar refractivity (Wildman–Crippen MR) is 139 cm³/mol. The van der Waals surface area contributed by atoms with Crippen molar-refractivity contribution >= 4 is 14.4 Å². The first-order valence-electron chi connectivity index (χ1n) is 12.4. The maximum absolute atomic E-state index is 12.5. The van der Waals surface area contributed by atoms with Gasteiger partial charge in [-0.05, 0) is 83.1 Å². The number of ether oxygens (including phenoxy) is 3. The van der Waals surface area contributed by atoms with Crippen molar-refractivity contribution in [2.24, 2.45) is 0 Å². The molecule has 1 fully saturated rings. The summed E-state index contributed by atoms with van der Waals surface area (Å²) in [6.45, 7) is 22.1. The van der Waals surface area contributed by atoms with Gasteiger partial charge in [-0.1, -0.05) is 45.0 Å². The van der Waals surface area contributed by atoms with E-state index >= 15 is 0 Å². The number of hydrogen-bond acceptors (Lipinski definition) is 5. The van der Waals surface area contributed by atoms with Gasteiger partial charge in [0.05, 0.1) is 25.4 Å². The van der Waals surface area contributed by atoms with Crippen molar-refractivity contribution in [3.63, 3.8) is 0 Å². The topological polar surface area (TPSA) is 66.0 Å². The Morgan fingerprint density at radius 3 is 2.03 bits per heavy atom. The van der Waals surface area contributed by atoms with E-state index in [1.807, 2.05) is 34.6 Å². The lowest BCUT2D eigenvalue weighted by Gasteiger charge is -2.44. The second-order valence-electron chi connectivity index (χ2n) is 12.6. The molecule has 0 radical (unpaired) electrons. The smallest absolute Gasteiger partial charge is 0.408 e. The first-order chi connectivity index (χ1) is 15.4. The van der Waals surface area contributed by atoms with Gasteiger partial charge < -0.3 is 24.0 Å². The minimum atomic E-state index is -1.76. The maximum Gasteiger partial charge on any atom is 0.408 e. The Labute approximate surface area is 208 Å². The van der Waals surface area contributed by atoms with E-state index in [2.05, 4.69) is 63.4 Å². The number of carbonyl (C=O) groups is 1. The van der Waals surface area contributed by atoms with Gasteiger partial charge in [-0.3, -0.25) is 0 Å². The number of amides is 1. The summed E-state index contributed by atoms with van der Waals surface area (Å²) < 4.78 is 23.6. The Bertz CT molecular complexity index is 796. The van der Waals surface area contributed by atoms with Crippen LogP contribution in [0, 0.1) is 0 Å². The van der Waals surface area contributed by atoms with Crippen LogP contribution < -0.4 is 5.32 Å². The number of hydrogen-bond donors (Lipinski definition) is 1. The van der Waals surface area contributed by atoms with Crippen LogP contribution in [-0.4, -0.2) is 44.6 Å². The van der Waals surface area contributed by atoms with Crippen molar-refractivity contribution in [1.29, 1.82) is 0 Å². The normalized spacial score (nSPS) is 18.4. The van der Waals surface area contributed by atoms with Crippen LogP contribution in [0.1, 0.15) is 79.4 Å². The van der Waals surface area contributed by atoms with Crippen LogP contribution in [0.15, 0.2) is 24.3 Å². The molecule has 1 aliphatic rings. The third-order valence-corrected chi connectivity index (χ3v) is 11.2. The fourth-order valence-corrected chi connectivity index (χ4v) is 4.38. The average molecular weight is 494 g/mol. The largest absolute Gasteiger partial charge is 0.444 e. The molecule has 1 amide bonds. The molecule has 0 spiro atoms. The number of aryl methyl sites for hydroxylation is 1. The molecule has 0 saturated carbocycles. The molecule has 0 aromatic heterocycles. The van der Waals surface area contributed by atoms with Crippen molar-refractivity contribution in [2.45, 2.75) is 116 Å². The second-order valence-corrected chi connectivity index (χ2v) is 17.4. The SMILES string of the molecule is CC(C)(C)OC(=O)NC1(CCCc2ccc(CO[Si](C)(C)C(C)(C)C)cc2)COC(C)(C)OC1. The summed E-state index contributed by atoms with van der Waals surface area (Å²) in [6, 6.07) is 8.67. The molecule has 7 heteroatoms. The molecular formula is C27H47NO5Si. The number of alkyl carbamates (subject to hydrolysis) is 1. The number of rotatable bonds is 8. The van der Waals surface area contributed by atoms with E-state index in [1.54, 1.807) is 0 Å². The highest BCUT2D eigenvalue weighted by Crippen LogP contribution is 2.37. The van der Waals surface area contributed by atoms with Gasteiger partial charge in [-0.25, -0.2) is 4.79 Å². The number of carbonyl (C=O) groups excluding carboxylic acids is 1. The van der Waals surface area contributed by atoms with Crippen LogP contribution >= 0.6 is 0 Å². The molecule has 1 aromatic carbocycles. The molecule has 1 aromatic rings. The third-order valence-electron chi connectivity index (χ3n) is 6.71. The molecule has 194 valence electrons. The van der Waals surface area contributed by atoms with Gasteiger partial charge in [-0.2, -0.15) is 0 Å². The lowest BCUT2D eigenvalue weighted by Crippen LogP contribution is -2.61. The molecule has 1 saturated heterocycles. The standard InChI is InChI=1S/C27H47NO5Si/c1-24(2,3)33-23(29)28-27(19-30-26(7,8)31-20-27)17-11-12-21-13-15-22(16-14-21)18-32-34(9,10)25(4,5)6/h13-16H,11-12,17-20H2,1-10H3,(H,28,29). The van der Waals surface area contributed by atoms with Gasteiger partial charge in [0.1, 0.15) is 5.60 Å². The average Bonchev–Trinajstić information content (AvgIpc) is 2.67. The van der Waals surface area contributed by atoms with Crippen LogP contribution in [0.3, 0.4) is 0 Å². The van der Waals surface area contributed by atoms with Gasteiger partial charge in [0.25, 0.3) is 0 Å². The molecular weight excluding hydrogens is 446 g/mol. The molecule has 0 unspecified atom stereocenters. The van der Waals surface area contributed by atoms with Crippen molar-refractivity contribution in [2.75, 3.05) is 13.2 Å². The Kier molecular flexibility index (Phi) is 9.06. The summed E-state index contributed by atoms with van der Waals surface area (Å²) in [4.78, 5) is 12.5. The lowest BCUT2D eigenvalue weighted by atomic mass is 9.91. The molecule has 6 nitrogen and oxygen atoms in total. The van der Waals surface area contributed by atoms with Crippen LogP contribution in [0.5, 0.6) is 0 Å². The molecule has 1 N–H and O–H groups in total. The summed E-state index contributed by atoms with van der Waals surface area (Å²) in [5.41, 5.74) is 1.31. The zero-order valence-corrected chi connectivity index (χ0v) is 24.1. The highest BCUT2D eigenvalue weighted by Gasteiger charge is 2.42. The van der Waals surface area contributed by atoms with Crippen molar-refractivity contribution < 1.29 is 23.4 Å². The van der Waals surface area contributed by atoms with Crippen LogP contribution in [0.4, 0.5) is 4.79 Å². The Morgan fingerprint density at radius 2 is 1.53 bits per heavy atom. The molecule has 0 bridgehead atoms. The summed E-state index contributed by atoms with van der Waals surface area (Å²) in [5, 5.41) is 3.25. The zero-order valence-electron chi connectivity index (χ0n) is 23.1. The Morgan fingerprint density at radius 1 is 1.00 bits per heavy atom. The first-order valence-corrected chi connectivity index (χ1v) is 15.3. The summed E-state index contributed by atoms with van der Waals surface area (Å²) in [7, 11) is -1.76. The summed E-state index contributed by atoms with van der Waals surface area (Å²) in [6.07, 6.45) is 2.09. The highest BCUT2D eigenvalue weighted by atomic mass is 28.4. The summed E-state index contributed by atoms with van der Waals surface area (Å²) >= 11 is 0. The molecule has 1 heterocycles. The van der Waals surface area contributed by atoms with Crippen molar-refractivity contribution in [3.8, 4) is 0 Å².